The van der Waals surface area contributed by atoms with Crippen molar-refractivity contribution in [3.05, 3.63) is 78.9 Å². The van der Waals surface area contributed by atoms with Crippen LogP contribution in [0.25, 0.3) is 44.5 Å². The number of fused-ring (bicyclic) bond motifs is 4. The molecule has 0 atom stereocenters. The van der Waals surface area contributed by atoms with E-state index >= 15 is 0 Å². The van der Waals surface area contributed by atoms with Crippen LogP contribution in [0, 0.1) is 0 Å². The van der Waals surface area contributed by atoms with Gasteiger partial charge in [-0.3, -0.25) is 0 Å². The van der Waals surface area contributed by atoms with E-state index in [4.69, 9.17) is 4.12 Å². The van der Waals surface area contributed by atoms with Crippen LogP contribution in [0.3, 0.4) is 0 Å². The fourth-order valence-corrected chi connectivity index (χ4v) is 5.94. The summed E-state index contributed by atoms with van der Waals surface area (Å²) in [5.74, 6) is 0. The first-order valence-electron chi connectivity index (χ1n) is 8.41. The lowest BCUT2D eigenvalue weighted by molar-refractivity contribution is 0.677. The maximum Gasteiger partial charge on any atom is 0.179 e. The van der Waals surface area contributed by atoms with E-state index in [2.05, 4.69) is 67.8 Å². The Hall–Kier alpha value is -2.47. The molecule has 4 aromatic rings. The maximum absolute atomic E-state index is 5.81. The lowest BCUT2D eigenvalue weighted by atomic mass is 9.94. The van der Waals surface area contributed by atoms with Gasteiger partial charge in [0, 0.05) is 0 Å². The van der Waals surface area contributed by atoms with Crippen molar-refractivity contribution < 1.29 is 4.12 Å². The Morgan fingerprint density at radius 3 is 2.24 bits per heavy atom. The van der Waals surface area contributed by atoms with Crippen LogP contribution in [-0.4, -0.2) is 20.2 Å². The third-order valence-electron chi connectivity index (χ3n) is 4.88. The molecule has 4 rings (SSSR count). The highest BCUT2D eigenvalue weighted by molar-refractivity contribution is 6.57. The van der Waals surface area contributed by atoms with E-state index in [1.165, 1.54) is 43.1 Å². The first-order valence-corrected chi connectivity index (χ1v) is 10.5. The minimum absolute atomic E-state index is 0.768. The van der Waals surface area contributed by atoms with Crippen LogP contribution in [-0.2, 0) is 4.12 Å². The molecule has 0 aliphatic rings. The quantitative estimate of drug-likeness (QED) is 0.309. The minimum Gasteiger partial charge on any atom is -0.465 e. The van der Waals surface area contributed by atoms with Crippen molar-refractivity contribution in [2.75, 3.05) is 0 Å². The Balaban J connectivity index is 2.23. The molecule has 0 fully saturated rings. The van der Waals surface area contributed by atoms with Gasteiger partial charge in [0.2, 0.25) is 0 Å². The van der Waals surface area contributed by atoms with E-state index < -0.39 is 9.76 Å². The lowest BCUT2D eigenvalue weighted by Gasteiger charge is -2.16. The Morgan fingerprint density at radius 1 is 0.840 bits per heavy atom. The third kappa shape index (κ3) is 2.57. The van der Waals surface area contributed by atoms with Crippen molar-refractivity contribution in [3.63, 3.8) is 0 Å². The normalized spacial score (nSPS) is 11.8. The van der Waals surface area contributed by atoms with E-state index in [0.717, 1.165) is 16.0 Å². The molecule has 0 saturated carbocycles. The van der Waals surface area contributed by atoms with E-state index in [9.17, 15) is 0 Å². The zero-order valence-electron chi connectivity index (χ0n) is 14.4. The first-order chi connectivity index (χ1) is 12.3. The molecule has 0 unspecified atom stereocenters. The molecular weight excluding hydrogens is 336 g/mol. The monoisotopic (exact) mass is 356 g/mol. The fraction of sp³-hybridized carbons (Fsp3) is 0. The predicted octanol–water partition coefficient (Wildman–Crippen LogP) is 3.44. The molecular formula is C22H20OSi2. The third-order valence-corrected chi connectivity index (χ3v) is 7.06. The van der Waals surface area contributed by atoms with Gasteiger partial charge in [-0.25, -0.2) is 0 Å². The van der Waals surface area contributed by atoms with Crippen LogP contribution in [0.4, 0.5) is 0 Å². The van der Waals surface area contributed by atoms with Gasteiger partial charge in [0.05, 0.1) is 0 Å². The molecule has 0 spiro atoms. The molecule has 1 nitrogen and oxygen atoms in total. The summed E-state index contributed by atoms with van der Waals surface area (Å²) in [7, 11) is -0.0221. The van der Waals surface area contributed by atoms with E-state index in [-0.39, 0.29) is 0 Å². The van der Waals surface area contributed by atoms with Crippen molar-refractivity contribution in [1.29, 1.82) is 0 Å². The van der Waals surface area contributed by atoms with Crippen molar-refractivity contribution in [2.24, 2.45) is 0 Å². The van der Waals surface area contributed by atoms with Crippen LogP contribution < -0.4 is 5.19 Å². The molecule has 0 heterocycles. The summed E-state index contributed by atoms with van der Waals surface area (Å²) in [6.07, 6.45) is 3.88. The summed E-state index contributed by atoms with van der Waals surface area (Å²) in [5, 5.41) is 9.05. The molecule has 0 aromatic heterocycles. The second-order valence-corrected chi connectivity index (χ2v) is 9.59. The van der Waals surface area contributed by atoms with E-state index in [0.29, 0.717) is 0 Å². The molecule has 0 saturated heterocycles. The Kier molecular flexibility index (Phi) is 4.13. The average Bonchev–Trinajstić information content (AvgIpc) is 2.65. The van der Waals surface area contributed by atoms with Gasteiger partial charge < -0.3 is 4.12 Å². The van der Waals surface area contributed by atoms with Crippen molar-refractivity contribution in [1.82, 2.24) is 0 Å². The number of hydrogen-bond donors (Lipinski definition) is 0. The Labute approximate surface area is 153 Å². The SMILES string of the molecule is C=Cc1cc2ccc3cc4ccccc4cc3c2c([SiH2]O[SiH3])c1C=C. The number of rotatable bonds is 4. The van der Waals surface area contributed by atoms with Gasteiger partial charge in [-0.1, -0.05) is 61.7 Å². The summed E-state index contributed by atoms with van der Waals surface area (Å²) < 4.78 is 5.81. The summed E-state index contributed by atoms with van der Waals surface area (Å²) in [6.45, 7) is 8.04. The standard InChI is InChI=1S/C22H20OSi2/c1-3-14-11-18-10-9-17-12-15-7-5-6-8-16(15)13-20(17)21(18)22(25-23-24)19(14)4-2/h3-13H,1-2,25H2,24H3. The van der Waals surface area contributed by atoms with Gasteiger partial charge in [-0.2, -0.15) is 0 Å². The summed E-state index contributed by atoms with van der Waals surface area (Å²) in [5.41, 5.74) is 2.33. The zero-order chi connectivity index (χ0) is 17.4. The van der Waals surface area contributed by atoms with E-state index in [1.807, 2.05) is 12.2 Å². The molecule has 0 N–H and O–H groups in total. The largest absolute Gasteiger partial charge is 0.465 e. The Bertz CT molecular complexity index is 1150. The van der Waals surface area contributed by atoms with Crippen molar-refractivity contribution >= 4 is 69.9 Å². The number of hydrogen-bond acceptors (Lipinski definition) is 1. The van der Waals surface area contributed by atoms with Crippen LogP contribution in [0.15, 0.2) is 67.8 Å². The van der Waals surface area contributed by atoms with E-state index in [1.54, 1.807) is 0 Å². The van der Waals surface area contributed by atoms with Gasteiger partial charge in [-0.05, 0) is 66.8 Å². The summed E-state index contributed by atoms with van der Waals surface area (Å²) in [4.78, 5) is 0. The van der Waals surface area contributed by atoms with Gasteiger partial charge in [-0.15, -0.1) is 0 Å². The van der Waals surface area contributed by atoms with Crippen LogP contribution in [0.1, 0.15) is 11.1 Å². The smallest absolute Gasteiger partial charge is 0.179 e. The zero-order valence-corrected chi connectivity index (χ0v) is 17.8. The molecule has 0 aliphatic carbocycles. The van der Waals surface area contributed by atoms with Gasteiger partial charge in [0.15, 0.2) is 9.76 Å². The van der Waals surface area contributed by atoms with Gasteiger partial charge in [0.25, 0.3) is 0 Å². The second-order valence-electron chi connectivity index (χ2n) is 6.28. The molecule has 0 amide bonds. The predicted molar refractivity (Wildman–Crippen MR) is 118 cm³/mol. The first kappa shape index (κ1) is 16.0. The number of benzene rings is 4. The van der Waals surface area contributed by atoms with Crippen LogP contribution in [0.5, 0.6) is 0 Å². The highest BCUT2D eigenvalue weighted by Crippen LogP contribution is 2.30. The average molecular weight is 357 g/mol. The molecule has 4 aromatic carbocycles. The minimum atomic E-state index is -0.791. The van der Waals surface area contributed by atoms with Crippen molar-refractivity contribution in [2.45, 2.75) is 0 Å². The van der Waals surface area contributed by atoms with Crippen LogP contribution >= 0.6 is 0 Å². The van der Waals surface area contributed by atoms with Gasteiger partial charge >= 0.3 is 0 Å². The maximum atomic E-state index is 5.81. The molecule has 0 aliphatic heterocycles. The summed E-state index contributed by atoms with van der Waals surface area (Å²) >= 11 is 0. The Morgan fingerprint density at radius 2 is 1.56 bits per heavy atom. The molecule has 0 radical (unpaired) electrons. The fourth-order valence-electron chi connectivity index (χ4n) is 3.75. The molecule has 3 heteroatoms. The highest BCUT2D eigenvalue weighted by Gasteiger charge is 2.13. The van der Waals surface area contributed by atoms with Crippen molar-refractivity contribution in [3.8, 4) is 0 Å². The van der Waals surface area contributed by atoms with Gasteiger partial charge in [0.1, 0.15) is 10.5 Å². The second kappa shape index (κ2) is 6.44. The topological polar surface area (TPSA) is 9.23 Å². The molecule has 25 heavy (non-hydrogen) atoms. The molecule has 0 bridgehead atoms. The summed E-state index contributed by atoms with van der Waals surface area (Å²) in [6, 6.07) is 19.8. The highest BCUT2D eigenvalue weighted by atomic mass is 28.3. The van der Waals surface area contributed by atoms with Crippen LogP contribution in [0.2, 0.25) is 0 Å². The molecule has 122 valence electrons. The lowest BCUT2D eigenvalue weighted by Crippen LogP contribution is -2.22.